The maximum Gasteiger partial charge on any atom is 0.338 e. The highest BCUT2D eigenvalue weighted by Gasteiger charge is 2.35. The molecule has 0 aromatic heterocycles. The van der Waals surface area contributed by atoms with E-state index in [4.69, 9.17) is 18.9 Å². The van der Waals surface area contributed by atoms with Crippen molar-refractivity contribution in [3.63, 3.8) is 0 Å². The molecule has 0 bridgehead atoms. The number of hydrogen-bond donors (Lipinski definition) is 0. The molecule has 2 fully saturated rings. The van der Waals surface area contributed by atoms with Gasteiger partial charge in [0.1, 0.15) is 5.60 Å². The van der Waals surface area contributed by atoms with E-state index in [1.807, 2.05) is 20.8 Å². The molecule has 1 aliphatic carbocycles. The summed E-state index contributed by atoms with van der Waals surface area (Å²) in [5.74, 6) is 0.744. The Kier molecular flexibility index (Phi) is 7.92. The molecule has 2 unspecified atom stereocenters. The van der Waals surface area contributed by atoms with Gasteiger partial charge < -0.3 is 18.9 Å². The summed E-state index contributed by atoms with van der Waals surface area (Å²) in [5.41, 5.74) is -1.40. The molecule has 1 heterocycles. The first kappa shape index (κ1) is 21.6. The van der Waals surface area contributed by atoms with E-state index in [2.05, 4.69) is 0 Å². The van der Waals surface area contributed by atoms with Crippen LogP contribution < -0.4 is 0 Å². The maximum atomic E-state index is 12.3. The summed E-state index contributed by atoms with van der Waals surface area (Å²) in [4.78, 5) is 12.3. The van der Waals surface area contributed by atoms with Crippen molar-refractivity contribution in [2.24, 2.45) is 11.8 Å². The van der Waals surface area contributed by atoms with Gasteiger partial charge in [-0.05, 0) is 85.0 Å². The van der Waals surface area contributed by atoms with Crippen molar-refractivity contribution < 1.29 is 23.7 Å². The predicted octanol–water partition coefficient (Wildman–Crippen LogP) is 4.47. The van der Waals surface area contributed by atoms with Crippen LogP contribution in [0.2, 0.25) is 0 Å². The Hall–Kier alpha value is -0.650. The molecular formula is C21H38O5. The molecule has 26 heavy (non-hydrogen) atoms. The normalized spacial score (nSPS) is 28.0. The van der Waals surface area contributed by atoms with Gasteiger partial charge in [-0.15, -0.1) is 0 Å². The fraction of sp³-hybridized carbons (Fsp3) is 0.952. The molecular weight excluding hydrogens is 332 g/mol. The SMILES string of the molecule is CC(C)(C)OC(=O)C(C)(C)OCC1CCC[C@H](COC2CCCCO2)C1. The molecule has 0 aromatic carbocycles. The highest BCUT2D eigenvalue weighted by Crippen LogP contribution is 2.31. The first-order valence-corrected chi connectivity index (χ1v) is 10.3. The van der Waals surface area contributed by atoms with Crippen molar-refractivity contribution >= 4 is 5.97 Å². The molecule has 2 aliphatic rings. The minimum Gasteiger partial charge on any atom is -0.458 e. The third-order valence-corrected chi connectivity index (χ3v) is 5.12. The van der Waals surface area contributed by atoms with Crippen molar-refractivity contribution in [1.82, 2.24) is 0 Å². The molecule has 5 heteroatoms. The molecule has 0 spiro atoms. The van der Waals surface area contributed by atoms with Crippen LogP contribution in [0.15, 0.2) is 0 Å². The quantitative estimate of drug-likeness (QED) is 0.619. The van der Waals surface area contributed by atoms with Gasteiger partial charge in [0.05, 0.1) is 13.2 Å². The molecule has 5 nitrogen and oxygen atoms in total. The molecule has 0 amide bonds. The summed E-state index contributed by atoms with van der Waals surface area (Å²) >= 11 is 0. The maximum absolute atomic E-state index is 12.3. The first-order valence-electron chi connectivity index (χ1n) is 10.3. The molecule has 0 aromatic rings. The predicted molar refractivity (Wildman–Crippen MR) is 101 cm³/mol. The van der Waals surface area contributed by atoms with Crippen LogP contribution in [0.1, 0.15) is 79.6 Å². The van der Waals surface area contributed by atoms with Crippen LogP contribution in [0.4, 0.5) is 0 Å². The number of ether oxygens (including phenoxy) is 4. The fourth-order valence-electron chi connectivity index (χ4n) is 3.58. The zero-order valence-electron chi connectivity index (χ0n) is 17.3. The molecule has 0 radical (unpaired) electrons. The molecule has 2 rings (SSSR count). The van der Waals surface area contributed by atoms with Crippen LogP contribution in [0, 0.1) is 11.8 Å². The Morgan fingerprint density at radius 1 is 0.962 bits per heavy atom. The number of hydrogen-bond acceptors (Lipinski definition) is 5. The highest BCUT2D eigenvalue weighted by molar-refractivity contribution is 5.78. The van der Waals surface area contributed by atoms with Gasteiger partial charge in [0.25, 0.3) is 0 Å². The summed E-state index contributed by atoms with van der Waals surface area (Å²) in [6.07, 6.45) is 8.01. The zero-order valence-corrected chi connectivity index (χ0v) is 17.3. The summed E-state index contributed by atoms with van der Waals surface area (Å²) in [5, 5.41) is 0. The monoisotopic (exact) mass is 370 g/mol. The van der Waals surface area contributed by atoms with Crippen molar-refractivity contribution in [2.75, 3.05) is 19.8 Å². The van der Waals surface area contributed by atoms with E-state index in [1.165, 1.54) is 19.3 Å². The van der Waals surface area contributed by atoms with Crippen LogP contribution in [0.5, 0.6) is 0 Å². The van der Waals surface area contributed by atoms with Gasteiger partial charge in [0, 0.05) is 6.61 Å². The van der Waals surface area contributed by atoms with E-state index in [0.717, 1.165) is 38.9 Å². The minimum absolute atomic E-state index is 0.00789. The van der Waals surface area contributed by atoms with E-state index in [9.17, 15) is 4.79 Å². The first-order chi connectivity index (χ1) is 12.2. The van der Waals surface area contributed by atoms with Crippen LogP contribution in [0.25, 0.3) is 0 Å². The summed E-state index contributed by atoms with van der Waals surface area (Å²) in [6.45, 7) is 11.4. The molecule has 1 aliphatic heterocycles. The van der Waals surface area contributed by atoms with Gasteiger partial charge in [-0.1, -0.05) is 6.42 Å². The van der Waals surface area contributed by atoms with Crippen molar-refractivity contribution in [2.45, 2.75) is 97.1 Å². The van der Waals surface area contributed by atoms with Crippen molar-refractivity contribution in [3.05, 3.63) is 0 Å². The van der Waals surface area contributed by atoms with Gasteiger partial charge in [0.15, 0.2) is 11.9 Å². The van der Waals surface area contributed by atoms with E-state index >= 15 is 0 Å². The average Bonchev–Trinajstić information content (AvgIpc) is 2.58. The lowest BCUT2D eigenvalue weighted by Gasteiger charge is -2.33. The Morgan fingerprint density at radius 3 is 2.27 bits per heavy atom. The Morgan fingerprint density at radius 2 is 1.65 bits per heavy atom. The third-order valence-electron chi connectivity index (χ3n) is 5.12. The van der Waals surface area contributed by atoms with Crippen molar-refractivity contribution in [3.8, 4) is 0 Å². The Bertz CT molecular complexity index is 434. The van der Waals surface area contributed by atoms with Gasteiger partial charge >= 0.3 is 5.97 Å². The lowest BCUT2D eigenvalue weighted by atomic mass is 9.82. The molecule has 0 N–H and O–H groups in total. The van der Waals surface area contributed by atoms with E-state index in [0.29, 0.717) is 18.4 Å². The summed E-state index contributed by atoms with van der Waals surface area (Å²) in [7, 11) is 0. The lowest BCUT2D eigenvalue weighted by Crippen LogP contribution is -2.42. The number of carbonyl (C=O) groups is 1. The van der Waals surface area contributed by atoms with E-state index < -0.39 is 11.2 Å². The summed E-state index contributed by atoms with van der Waals surface area (Å²) < 4.78 is 23.1. The largest absolute Gasteiger partial charge is 0.458 e. The van der Waals surface area contributed by atoms with Gasteiger partial charge in [-0.3, -0.25) is 0 Å². The zero-order chi connectivity index (χ0) is 19.2. The second kappa shape index (κ2) is 9.52. The highest BCUT2D eigenvalue weighted by atomic mass is 16.7. The van der Waals surface area contributed by atoms with Gasteiger partial charge in [-0.25, -0.2) is 4.79 Å². The molecule has 3 atom stereocenters. The smallest absolute Gasteiger partial charge is 0.338 e. The average molecular weight is 371 g/mol. The van der Waals surface area contributed by atoms with Crippen molar-refractivity contribution in [1.29, 1.82) is 0 Å². The van der Waals surface area contributed by atoms with E-state index in [1.54, 1.807) is 13.8 Å². The molecule has 1 saturated carbocycles. The summed E-state index contributed by atoms with van der Waals surface area (Å²) in [6, 6.07) is 0. The van der Waals surface area contributed by atoms with E-state index in [-0.39, 0.29) is 12.3 Å². The molecule has 152 valence electrons. The van der Waals surface area contributed by atoms with Crippen LogP contribution in [-0.4, -0.2) is 43.3 Å². The van der Waals surface area contributed by atoms with Crippen LogP contribution >= 0.6 is 0 Å². The number of rotatable bonds is 7. The standard InChI is InChI=1S/C21H38O5/c1-20(2,3)26-19(22)21(4,5)25-15-17-10-8-9-16(13-17)14-24-18-11-6-7-12-23-18/h16-18H,6-15H2,1-5H3/t16-,17?,18?/m0/s1. The third kappa shape index (κ3) is 7.53. The number of esters is 1. The van der Waals surface area contributed by atoms with Crippen LogP contribution in [0.3, 0.4) is 0 Å². The molecule has 1 saturated heterocycles. The second-order valence-corrected chi connectivity index (χ2v) is 9.35. The minimum atomic E-state index is -0.910. The number of carbonyl (C=O) groups excluding carboxylic acids is 1. The fourth-order valence-corrected chi connectivity index (χ4v) is 3.58. The lowest BCUT2D eigenvalue weighted by molar-refractivity contribution is -0.182. The van der Waals surface area contributed by atoms with Crippen LogP contribution in [-0.2, 0) is 23.7 Å². The Balaban J connectivity index is 1.72. The topological polar surface area (TPSA) is 54.0 Å². The second-order valence-electron chi connectivity index (χ2n) is 9.35. The Labute approximate surface area is 159 Å². The van der Waals surface area contributed by atoms with Gasteiger partial charge in [-0.2, -0.15) is 0 Å². The van der Waals surface area contributed by atoms with Gasteiger partial charge in [0.2, 0.25) is 0 Å².